The van der Waals surface area contributed by atoms with Crippen molar-refractivity contribution in [2.75, 3.05) is 38.6 Å². The van der Waals surface area contributed by atoms with E-state index >= 15 is 0 Å². The molecule has 2 aromatic carbocycles. The van der Waals surface area contributed by atoms with E-state index in [0.717, 1.165) is 37.7 Å². The van der Waals surface area contributed by atoms with Crippen molar-refractivity contribution < 1.29 is 4.74 Å². The van der Waals surface area contributed by atoms with Crippen LogP contribution in [0.1, 0.15) is 17.9 Å². The average Bonchev–Trinajstić information content (AvgIpc) is 3.17. The summed E-state index contributed by atoms with van der Waals surface area (Å²) in [7, 11) is 1.72. The summed E-state index contributed by atoms with van der Waals surface area (Å²) >= 11 is 0. The van der Waals surface area contributed by atoms with Gasteiger partial charge in [-0.3, -0.25) is 0 Å². The highest BCUT2D eigenvalue weighted by Crippen LogP contribution is 2.30. The standard InChI is InChI=1S/C22H25N3O/c1-26-21-8-7-17-5-6-18(14-20(17)15-21)19-9-12-25(16-19)13-11-24-22-4-2-3-10-23-22/h2-8,10,14-15,19H,9,11-13,16H2,1H3,(H,23,24). The number of fused-ring (bicyclic) bond motifs is 1. The van der Waals surface area contributed by atoms with Crippen LogP contribution in [0.25, 0.3) is 10.8 Å². The van der Waals surface area contributed by atoms with Gasteiger partial charge in [-0.1, -0.05) is 30.3 Å². The second kappa shape index (κ2) is 7.75. The molecule has 1 aliphatic heterocycles. The number of ether oxygens (including phenoxy) is 1. The van der Waals surface area contributed by atoms with E-state index in [4.69, 9.17) is 4.74 Å². The predicted octanol–water partition coefficient (Wildman–Crippen LogP) is 4.14. The Bertz CT molecular complexity index is 866. The largest absolute Gasteiger partial charge is 0.497 e. The van der Waals surface area contributed by atoms with Crippen molar-refractivity contribution in [1.29, 1.82) is 0 Å². The molecule has 0 amide bonds. The number of anilines is 1. The lowest BCUT2D eigenvalue weighted by Gasteiger charge is -2.17. The Balaban J connectivity index is 1.36. The molecule has 3 aromatic rings. The molecule has 4 nitrogen and oxygen atoms in total. The van der Waals surface area contributed by atoms with E-state index in [9.17, 15) is 0 Å². The summed E-state index contributed by atoms with van der Waals surface area (Å²) in [5.74, 6) is 2.48. The monoisotopic (exact) mass is 347 g/mol. The molecule has 1 fully saturated rings. The number of nitrogens with one attached hydrogen (secondary N) is 1. The van der Waals surface area contributed by atoms with E-state index in [2.05, 4.69) is 45.5 Å². The highest BCUT2D eigenvalue weighted by molar-refractivity contribution is 5.84. The predicted molar refractivity (Wildman–Crippen MR) is 107 cm³/mol. The van der Waals surface area contributed by atoms with E-state index in [-0.39, 0.29) is 0 Å². The van der Waals surface area contributed by atoms with Crippen LogP contribution >= 0.6 is 0 Å². The Morgan fingerprint density at radius 3 is 2.88 bits per heavy atom. The number of benzene rings is 2. The second-order valence-corrected chi connectivity index (χ2v) is 6.90. The van der Waals surface area contributed by atoms with Gasteiger partial charge in [-0.15, -0.1) is 0 Å². The van der Waals surface area contributed by atoms with Gasteiger partial charge in [0.25, 0.3) is 0 Å². The molecule has 0 aliphatic carbocycles. The Morgan fingerprint density at radius 1 is 1.12 bits per heavy atom. The first-order valence-corrected chi connectivity index (χ1v) is 9.27. The molecule has 2 heterocycles. The molecule has 1 aromatic heterocycles. The molecule has 4 heteroatoms. The molecule has 1 atom stereocenters. The van der Waals surface area contributed by atoms with Gasteiger partial charge in [-0.2, -0.15) is 0 Å². The summed E-state index contributed by atoms with van der Waals surface area (Å²) in [6.45, 7) is 4.26. The molecule has 4 rings (SSSR count). The lowest BCUT2D eigenvalue weighted by atomic mass is 9.95. The molecule has 0 saturated carbocycles. The average molecular weight is 347 g/mol. The van der Waals surface area contributed by atoms with Gasteiger partial charge in [0.15, 0.2) is 0 Å². The molecule has 1 N–H and O–H groups in total. The normalized spacial score (nSPS) is 17.5. The molecule has 1 saturated heterocycles. The highest BCUT2D eigenvalue weighted by atomic mass is 16.5. The van der Waals surface area contributed by atoms with Gasteiger partial charge in [0, 0.05) is 25.8 Å². The summed E-state index contributed by atoms with van der Waals surface area (Å²) in [5.41, 5.74) is 1.44. The molecule has 26 heavy (non-hydrogen) atoms. The molecule has 0 bridgehead atoms. The van der Waals surface area contributed by atoms with E-state index in [1.807, 2.05) is 30.5 Å². The van der Waals surface area contributed by atoms with Crippen LogP contribution in [0, 0.1) is 0 Å². The highest BCUT2D eigenvalue weighted by Gasteiger charge is 2.23. The van der Waals surface area contributed by atoms with E-state index in [1.54, 1.807) is 7.11 Å². The number of rotatable bonds is 6. The Kier molecular flexibility index (Phi) is 5.02. The fourth-order valence-corrected chi connectivity index (χ4v) is 3.74. The lowest BCUT2D eigenvalue weighted by Crippen LogP contribution is -2.27. The number of pyridine rings is 1. The van der Waals surface area contributed by atoms with Gasteiger partial charge < -0.3 is 15.0 Å². The Labute approximate surface area is 154 Å². The quantitative estimate of drug-likeness (QED) is 0.727. The van der Waals surface area contributed by atoms with Gasteiger partial charge in [-0.05, 0) is 59.5 Å². The van der Waals surface area contributed by atoms with Gasteiger partial charge in [-0.25, -0.2) is 4.98 Å². The fourth-order valence-electron chi connectivity index (χ4n) is 3.74. The minimum absolute atomic E-state index is 0.612. The van der Waals surface area contributed by atoms with Crippen LogP contribution in [-0.2, 0) is 0 Å². The van der Waals surface area contributed by atoms with Crippen LogP contribution in [-0.4, -0.2) is 43.2 Å². The minimum Gasteiger partial charge on any atom is -0.497 e. The molecule has 0 radical (unpaired) electrons. The smallest absolute Gasteiger partial charge is 0.125 e. The first-order valence-electron chi connectivity index (χ1n) is 9.27. The zero-order valence-electron chi connectivity index (χ0n) is 15.2. The summed E-state index contributed by atoms with van der Waals surface area (Å²) in [5, 5.41) is 5.93. The summed E-state index contributed by atoms with van der Waals surface area (Å²) < 4.78 is 5.37. The van der Waals surface area contributed by atoms with Crippen LogP contribution in [0.5, 0.6) is 5.75 Å². The number of aromatic nitrogens is 1. The van der Waals surface area contributed by atoms with Crippen molar-refractivity contribution in [2.45, 2.75) is 12.3 Å². The number of hydrogen-bond acceptors (Lipinski definition) is 4. The van der Waals surface area contributed by atoms with Crippen molar-refractivity contribution in [2.24, 2.45) is 0 Å². The minimum atomic E-state index is 0.612. The number of hydrogen-bond donors (Lipinski definition) is 1. The molecule has 134 valence electrons. The molecule has 1 unspecified atom stereocenters. The van der Waals surface area contributed by atoms with E-state index < -0.39 is 0 Å². The second-order valence-electron chi connectivity index (χ2n) is 6.90. The number of nitrogens with zero attached hydrogens (tertiary/aromatic N) is 2. The third-order valence-corrected chi connectivity index (χ3v) is 5.21. The van der Waals surface area contributed by atoms with Crippen molar-refractivity contribution in [3.8, 4) is 5.75 Å². The Morgan fingerprint density at radius 2 is 2.04 bits per heavy atom. The van der Waals surface area contributed by atoms with Gasteiger partial charge in [0.1, 0.15) is 11.6 Å². The van der Waals surface area contributed by atoms with E-state index in [0.29, 0.717) is 5.92 Å². The van der Waals surface area contributed by atoms with Crippen molar-refractivity contribution in [3.63, 3.8) is 0 Å². The Hall–Kier alpha value is -2.59. The molecule has 0 spiro atoms. The number of likely N-dealkylation sites (tertiary alicyclic amines) is 1. The van der Waals surface area contributed by atoms with Crippen LogP contribution in [0.2, 0.25) is 0 Å². The zero-order valence-corrected chi connectivity index (χ0v) is 15.2. The first kappa shape index (κ1) is 16.9. The first-order chi connectivity index (χ1) is 12.8. The zero-order chi connectivity index (χ0) is 17.8. The topological polar surface area (TPSA) is 37.4 Å². The molecule has 1 aliphatic rings. The van der Waals surface area contributed by atoms with Crippen LogP contribution in [0.15, 0.2) is 60.8 Å². The van der Waals surface area contributed by atoms with Gasteiger partial charge in [0.2, 0.25) is 0 Å². The summed E-state index contributed by atoms with van der Waals surface area (Å²) in [6.07, 6.45) is 3.04. The van der Waals surface area contributed by atoms with Gasteiger partial charge in [0.05, 0.1) is 7.11 Å². The maximum atomic E-state index is 5.37. The number of methoxy groups -OCH3 is 1. The SMILES string of the molecule is COc1ccc2ccc(C3CCN(CCNc4ccccn4)C3)cc2c1. The molecular formula is C22H25N3O. The van der Waals surface area contributed by atoms with E-state index in [1.165, 1.54) is 22.8 Å². The van der Waals surface area contributed by atoms with Crippen LogP contribution in [0.4, 0.5) is 5.82 Å². The van der Waals surface area contributed by atoms with Crippen LogP contribution < -0.4 is 10.1 Å². The maximum absolute atomic E-state index is 5.37. The third-order valence-electron chi connectivity index (χ3n) is 5.21. The fraction of sp³-hybridized carbons (Fsp3) is 0.318. The van der Waals surface area contributed by atoms with Crippen molar-refractivity contribution in [3.05, 3.63) is 66.4 Å². The molecular weight excluding hydrogens is 322 g/mol. The van der Waals surface area contributed by atoms with Crippen molar-refractivity contribution in [1.82, 2.24) is 9.88 Å². The lowest BCUT2D eigenvalue weighted by molar-refractivity contribution is 0.348. The third kappa shape index (κ3) is 3.81. The van der Waals surface area contributed by atoms with Crippen LogP contribution in [0.3, 0.4) is 0 Å². The summed E-state index contributed by atoms with van der Waals surface area (Å²) in [6, 6.07) is 19.1. The van der Waals surface area contributed by atoms with Gasteiger partial charge >= 0.3 is 0 Å². The summed E-state index contributed by atoms with van der Waals surface area (Å²) in [4.78, 5) is 6.85. The maximum Gasteiger partial charge on any atom is 0.125 e. The van der Waals surface area contributed by atoms with Crippen molar-refractivity contribution >= 4 is 16.6 Å².